The van der Waals surface area contributed by atoms with Crippen LogP contribution in [-0.2, 0) is 9.59 Å². The van der Waals surface area contributed by atoms with E-state index in [1.807, 2.05) is 24.0 Å². The number of pyridine rings is 1. The summed E-state index contributed by atoms with van der Waals surface area (Å²) in [6.45, 7) is 4.58. The highest BCUT2D eigenvalue weighted by molar-refractivity contribution is 6.29. The number of aromatic nitrogens is 1. The largest absolute Gasteiger partial charge is 0.368 e. The minimum atomic E-state index is -0.903. The Bertz CT molecular complexity index is 800. The van der Waals surface area contributed by atoms with Gasteiger partial charge in [-0.05, 0) is 44.2 Å². The summed E-state index contributed by atoms with van der Waals surface area (Å²) in [5.41, 5.74) is 0.978. The third-order valence-corrected chi connectivity index (χ3v) is 6.07. The van der Waals surface area contributed by atoms with Crippen molar-refractivity contribution < 1.29 is 14.4 Å². The van der Waals surface area contributed by atoms with Crippen LogP contribution in [0.15, 0.2) is 12.1 Å². The third-order valence-electron chi connectivity index (χ3n) is 5.88. The normalized spacial score (nSPS) is 24.9. The number of anilines is 1. The topological polar surface area (TPSA) is 94.6 Å². The molecule has 9 heteroatoms. The molecule has 1 aliphatic carbocycles. The summed E-state index contributed by atoms with van der Waals surface area (Å²) in [6, 6.07) is 3.38. The SMILES string of the molecule is Cc1cc(N2CCN(C(=O)CCC3(C4CC4)NC(=O)NC3=O)CC2)cc(Cl)n1. The lowest BCUT2D eigenvalue weighted by Gasteiger charge is -2.36. The molecule has 4 amide bonds. The van der Waals surface area contributed by atoms with Crippen molar-refractivity contribution in [3.05, 3.63) is 23.0 Å². The molecular weight excluding hydrogens is 382 g/mol. The number of carbonyl (C=O) groups excluding carboxylic acids is 3. The molecule has 0 radical (unpaired) electrons. The Morgan fingerprint density at radius 1 is 1.25 bits per heavy atom. The Kier molecular flexibility index (Phi) is 4.91. The zero-order valence-electron chi connectivity index (χ0n) is 15.8. The van der Waals surface area contributed by atoms with Crippen molar-refractivity contribution in [2.45, 2.75) is 38.1 Å². The molecule has 3 aliphatic rings. The van der Waals surface area contributed by atoms with Crippen LogP contribution in [0, 0.1) is 12.8 Å². The Labute approximate surface area is 168 Å². The van der Waals surface area contributed by atoms with Crippen LogP contribution in [0.5, 0.6) is 0 Å². The maximum absolute atomic E-state index is 12.7. The van der Waals surface area contributed by atoms with Crippen LogP contribution in [0.2, 0.25) is 5.15 Å². The summed E-state index contributed by atoms with van der Waals surface area (Å²) >= 11 is 6.05. The van der Waals surface area contributed by atoms with Gasteiger partial charge in [0.25, 0.3) is 5.91 Å². The number of nitrogens with one attached hydrogen (secondary N) is 2. The maximum Gasteiger partial charge on any atom is 0.322 e. The van der Waals surface area contributed by atoms with Gasteiger partial charge in [-0.15, -0.1) is 0 Å². The van der Waals surface area contributed by atoms with Crippen LogP contribution in [-0.4, -0.2) is 59.4 Å². The van der Waals surface area contributed by atoms with Crippen molar-refractivity contribution >= 4 is 35.1 Å². The van der Waals surface area contributed by atoms with E-state index in [2.05, 4.69) is 20.5 Å². The molecule has 4 rings (SSSR count). The molecule has 3 fully saturated rings. The van der Waals surface area contributed by atoms with E-state index in [1.165, 1.54) is 0 Å². The molecule has 2 saturated heterocycles. The van der Waals surface area contributed by atoms with Crippen LogP contribution in [0.25, 0.3) is 0 Å². The number of urea groups is 1. The second kappa shape index (κ2) is 7.24. The molecule has 8 nitrogen and oxygen atoms in total. The zero-order valence-corrected chi connectivity index (χ0v) is 16.6. The van der Waals surface area contributed by atoms with Gasteiger partial charge in [0.05, 0.1) is 0 Å². The molecule has 1 aromatic heterocycles. The van der Waals surface area contributed by atoms with E-state index in [0.29, 0.717) is 24.7 Å². The van der Waals surface area contributed by atoms with Crippen molar-refractivity contribution in [2.75, 3.05) is 31.1 Å². The number of imide groups is 1. The minimum Gasteiger partial charge on any atom is -0.368 e. The molecule has 28 heavy (non-hydrogen) atoms. The van der Waals surface area contributed by atoms with Gasteiger partial charge in [0.2, 0.25) is 5.91 Å². The maximum atomic E-state index is 12.7. The molecule has 2 aliphatic heterocycles. The Balaban J connectivity index is 1.33. The van der Waals surface area contributed by atoms with Crippen molar-refractivity contribution in [1.82, 2.24) is 20.5 Å². The van der Waals surface area contributed by atoms with Gasteiger partial charge in [-0.3, -0.25) is 14.9 Å². The summed E-state index contributed by atoms with van der Waals surface area (Å²) < 4.78 is 0. The first-order valence-electron chi connectivity index (χ1n) is 9.68. The second-order valence-electron chi connectivity index (χ2n) is 7.81. The van der Waals surface area contributed by atoms with Crippen molar-refractivity contribution in [3.8, 4) is 0 Å². The number of amides is 4. The number of hydrogen-bond donors (Lipinski definition) is 2. The predicted molar refractivity (Wildman–Crippen MR) is 104 cm³/mol. The molecule has 0 aromatic carbocycles. The Hall–Kier alpha value is -2.35. The molecule has 2 N–H and O–H groups in total. The summed E-state index contributed by atoms with van der Waals surface area (Å²) in [4.78, 5) is 44.8. The van der Waals surface area contributed by atoms with Gasteiger partial charge in [0.1, 0.15) is 10.7 Å². The number of halogens is 1. The number of rotatable bonds is 5. The second-order valence-corrected chi connectivity index (χ2v) is 8.20. The summed E-state index contributed by atoms with van der Waals surface area (Å²) in [5, 5.41) is 5.58. The summed E-state index contributed by atoms with van der Waals surface area (Å²) in [7, 11) is 0. The first-order valence-corrected chi connectivity index (χ1v) is 10.1. The van der Waals surface area contributed by atoms with Crippen LogP contribution in [0.3, 0.4) is 0 Å². The highest BCUT2D eigenvalue weighted by Gasteiger charge is 2.55. The number of nitrogens with zero attached hydrogens (tertiary/aromatic N) is 3. The number of aryl methyl sites for hydroxylation is 1. The first kappa shape index (κ1) is 19.0. The van der Waals surface area contributed by atoms with Gasteiger partial charge in [0, 0.05) is 44.0 Å². The molecule has 1 aromatic rings. The fourth-order valence-corrected chi connectivity index (χ4v) is 4.46. The lowest BCUT2D eigenvalue weighted by Crippen LogP contribution is -2.51. The highest BCUT2D eigenvalue weighted by atomic mass is 35.5. The molecule has 1 unspecified atom stereocenters. The quantitative estimate of drug-likeness (QED) is 0.571. The van der Waals surface area contributed by atoms with Crippen LogP contribution < -0.4 is 15.5 Å². The summed E-state index contributed by atoms with van der Waals surface area (Å²) in [5.74, 6) is -0.122. The van der Waals surface area contributed by atoms with E-state index in [4.69, 9.17) is 11.6 Å². The standard InChI is InChI=1S/C19H24ClN5O3/c1-12-10-14(11-15(20)21-12)24-6-8-25(9-7-24)16(26)4-5-19(13-2-3-13)17(27)22-18(28)23-19/h10-11,13H,2-9H2,1H3,(H2,22,23,27,28). The van der Waals surface area contributed by atoms with E-state index in [1.54, 1.807) is 0 Å². The van der Waals surface area contributed by atoms with Gasteiger partial charge in [-0.2, -0.15) is 0 Å². The number of carbonyl (C=O) groups is 3. The van der Waals surface area contributed by atoms with Crippen molar-refractivity contribution in [3.63, 3.8) is 0 Å². The molecule has 0 bridgehead atoms. The Morgan fingerprint density at radius 3 is 2.54 bits per heavy atom. The van der Waals surface area contributed by atoms with Crippen molar-refractivity contribution in [2.24, 2.45) is 5.92 Å². The van der Waals surface area contributed by atoms with Gasteiger partial charge in [-0.25, -0.2) is 9.78 Å². The molecular formula is C19H24ClN5O3. The third kappa shape index (κ3) is 3.65. The smallest absolute Gasteiger partial charge is 0.322 e. The van der Waals surface area contributed by atoms with E-state index in [0.717, 1.165) is 37.3 Å². The predicted octanol–water partition coefficient (Wildman–Crippen LogP) is 1.46. The summed E-state index contributed by atoms with van der Waals surface area (Å²) in [6.07, 6.45) is 2.43. The van der Waals surface area contributed by atoms with Gasteiger partial charge in [-0.1, -0.05) is 11.6 Å². The average Bonchev–Trinajstić information content (AvgIpc) is 3.45. The zero-order chi connectivity index (χ0) is 19.9. The van der Waals surface area contributed by atoms with Crippen LogP contribution in [0.1, 0.15) is 31.4 Å². The number of hydrogen-bond acceptors (Lipinski definition) is 5. The average molecular weight is 406 g/mol. The molecule has 1 atom stereocenters. The monoisotopic (exact) mass is 405 g/mol. The minimum absolute atomic E-state index is 0.0255. The molecule has 0 spiro atoms. The van der Waals surface area contributed by atoms with Crippen molar-refractivity contribution in [1.29, 1.82) is 0 Å². The highest BCUT2D eigenvalue weighted by Crippen LogP contribution is 2.43. The molecule has 3 heterocycles. The van der Waals surface area contributed by atoms with Crippen LogP contribution >= 0.6 is 11.6 Å². The van der Waals surface area contributed by atoms with Gasteiger partial charge in [0.15, 0.2) is 0 Å². The van der Waals surface area contributed by atoms with E-state index >= 15 is 0 Å². The molecule has 150 valence electrons. The fraction of sp³-hybridized carbons (Fsp3) is 0.579. The van der Waals surface area contributed by atoms with E-state index in [9.17, 15) is 14.4 Å². The molecule has 1 saturated carbocycles. The lowest BCUT2D eigenvalue weighted by molar-refractivity contribution is -0.132. The lowest BCUT2D eigenvalue weighted by atomic mass is 9.87. The van der Waals surface area contributed by atoms with E-state index in [-0.39, 0.29) is 24.2 Å². The Morgan fingerprint density at radius 2 is 1.96 bits per heavy atom. The van der Waals surface area contributed by atoms with E-state index < -0.39 is 11.6 Å². The van der Waals surface area contributed by atoms with Gasteiger partial charge >= 0.3 is 6.03 Å². The van der Waals surface area contributed by atoms with Gasteiger partial charge < -0.3 is 15.1 Å². The first-order chi connectivity index (χ1) is 13.4. The fourth-order valence-electron chi connectivity index (χ4n) is 4.22. The number of piperazine rings is 1. The van der Waals surface area contributed by atoms with Crippen LogP contribution in [0.4, 0.5) is 10.5 Å².